The maximum Gasteiger partial charge on any atom is 0.0118 e. The second-order valence-electron chi connectivity index (χ2n) is 5.91. The monoisotopic (exact) mass is 225 g/mol. The van der Waals surface area contributed by atoms with Gasteiger partial charge in [0.2, 0.25) is 0 Å². The predicted octanol–water partition coefficient (Wildman–Crippen LogP) is 4.23. The largest absolute Gasteiger partial charge is 0.313 e. The summed E-state index contributed by atoms with van der Waals surface area (Å²) in [4.78, 5) is 0. The van der Waals surface area contributed by atoms with Crippen LogP contribution in [0.4, 0.5) is 0 Å². The molecule has 16 heavy (non-hydrogen) atoms. The van der Waals surface area contributed by atoms with E-state index in [2.05, 4.69) is 33.0 Å². The van der Waals surface area contributed by atoms with Crippen LogP contribution in [0.15, 0.2) is 0 Å². The Morgan fingerprint density at radius 3 is 2.12 bits per heavy atom. The van der Waals surface area contributed by atoms with E-state index in [1.54, 1.807) is 0 Å². The molecular formula is C15H31N. The highest BCUT2D eigenvalue weighted by Crippen LogP contribution is 2.34. The van der Waals surface area contributed by atoms with Gasteiger partial charge < -0.3 is 5.32 Å². The lowest BCUT2D eigenvalue weighted by Gasteiger charge is -2.36. The van der Waals surface area contributed by atoms with E-state index in [0.717, 1.165) is 23.8 Å². The van der Waals surface area contributed by atoms with Crippen LogP contribution in [0.3, 0.4) is 0 Å². The van der Waals surface area contributed by atoms with Crippen molar-refractivity contribution in [2.75, 3.05) is 6.54 Å². The standard InChI is InChI=1S/C15H31N/c1-5-11-16-15(12(3)4)14-9-7-13(6-2)8-10-14/h12-16H,5-11H2,1-4H3. The van der Waals surface area contributed by atoms with Gasteiger partial charge in [0.05, 0.1) is 0 Å². The molecule has 1 atom stereocenters. The third-order valence-electron chi connectivity index (χ3n) is 4.32. The van der Waals surface area contributed by atoms with Crippen LogP contribution in [0.2, 0.25) is 0 Å². The highest BCUT2D eigenvalue weighted by atomic mass is 14.9. The molecule has 0 aliphatic heterocycles. The molecule has 96 valence electrons. The zero-order chi connectivity index (χ0) is 12.0. The lowest BCUT2D eigenvalue weighted by molar-refractivity contribution is 0.187. The molecule has 1 saturated carbocycles. The predicted molar refractivity (Wildman–Crippen MR) is 72.7 cm³/mol. The van der Waals surface area contributed by atoms with E-state index in [4.69, 9.17) is 0 Å². The molecule has 0 spiro atoms. The van der Waals surface area contributed by atoms with Gasteiger partial charge in [-0.2, -0.15) is 0 Å². The molecule has 1 aliphatic carbocycles. The van der Waals surface area contributed by atoms with Crippen LogP contribution in [-0.2, 0) is 0 Å². The summed E-state index contributed by atoms with van der Waals surface area (Å²) in [5, 5.41) is 3.77. The van der Waals surface area contributed by atoms with E-state index in [1.165, 1.54) is 45.1 Å². The zero-order valence-corrected chi connectivity index (χ0v) is 11.8. The molecule has 0 aromatic carbocycles. The Balaban J connectivity index is 2.40. The molecule has 1 fully saturated rings. The quantitative estimate of drug-likeness (QED) is 0.713. The van der Waals surface area contributed by atoms with Crippen molar-refractivity contribution in [2.24, 2.45) is 17.8 Å². The van der Waals surface area contributed by atoms with E-state index in [-0.39, 0.29) is 0 Å². The van der Waals surface area contributed by atoms with Crippen LogP contribution in [0.5, 0.6) is 0 Å². The third kappa shape index (κ3) is 4.08. The Morgan fingerprint density at radius 1 is 1.06 bits per heavy atom. The van der Waals surface area contributed by atoms with Crippen molar-refractivity contribution in [3.63, 3.8) is 0 Å². The molecule has 0 radical (unpaired) electrons. The molecule has 0 bridgehead atoms. The topological polar surface area (TPSA) is 12.0 Å². The smallest absolute Gasteiger partial charge is 0.0118 e. The molecule has 1 nitrogen and oxygen atoms in total. The number of rotatable bonds is 6. The number of nitrogens with one attached hydrogen (secondary N) is 1. The van der Waals surface area contributed by atoms with E-state index in [1.807, 2.05) is 0 Å². The van der Waals surface area contributed by atoms with Gasteiger partial charge in [-0.1, -0.05) is 47.0 Å². The molecule has 1 N–H and O–H groups in total. The molecule has 1 aliphatic rings. The molecule has 0 aromatic heterocycles. The summed E-state index contributed by atoms with van der Waals surface area (Å²) < 4.78 is 0. The van der Waals surface area contributed by atoms with Crippen molar-refractivity contribution in [1.29, 1.82) is 0 Å². The Kier molecular flexibility index (Phi) is 6.41. The summed E-state index contributed by atoms with van der Waals surface area (Å²) in [7, 11) is 0. The van der Waals surface area contributed by atoms with Gasteiger partial charge in [0, 0.05) is 6.04 Å². The fourth-order valence-electron chi connectivity index (χ4n) is 3.21. The summed E-state index contributed by atoms with van der Waals surface area (Å²) in [6.45, 7) is 10.5. The maximum atomic E-state index is 3.77. The second kappa shape index (κ2) is 7.32. The lowest BCUT2D eigenvalue weighted by Crippen LogP contribution is -2.42. The summed E-state index contributed by atoms with van der Waals surface area (Å²) in [5.41, 5.74) is 0. The van der Waals surface area contributed by atoms with Gasteiger partial charge in [-0.15, -0.1) is 0 Å². The molecule has 1 heteroatoms. The minimum atomic E-state index is 0.762. The van der Waals surface area contributed by atoms with E-state index >= 15 is 0 Å². The van der Waals surface area contributed by atoms with Crippen molar-refractivity contribution in [2.45, 2.75) is 72.3 Å². The van der Waals surface area contributed by atoms with Crippen molar-refractivity contribution < 1.29 is 0 Å². The van der Waals surface area contributed by atoms with Crippen molar-refractivity contribution in [3.8, 4) is 0 Å². The Bertz CT molecular complexity index is 168. The molecule has 0 heterocycles. The molecule has 0 amide bonds. The van der Waals surface area contributed by atoms with Crippen LogP contribution in [0.1, 0.15) is 66.2 Å². The molecule has 0 saturated heterocycles. The first-order valence-corrected chi connectivity index (χ1v) is 7.42. The fraction of sp³-hybridized carbons (Fsp3) is 1.00. The van der Waals surface area contributed by atoms with Crippen LogP contribution in [-0.4, -0.2) is 12.6 Å². The minimum absolute atomic E-state index is 0.762. The van der Waals surface area contributed by atoms with Gasteiger partial charge in [0.25, 0.3) is 0 Å². The first-order chi connectivity index (χ1) is 7.69. The van der Waals surface area contributed by atoms with Gasteiger partial charge in [-0.05, 0) is 43.6 Å². The third-order valence-corrected chi connectivity index (χ3v) is 4.32. The Morgan fingerprint density at radius 2 is 1.69 bits per heavy atom. The molecule has 1 unspecified atom stereocenters. The lowest BCUT2D eigenvalue weighted by atomic mass is 9.75. The van der Waals surface area contributed by atoms with Gasteiger partial charge in [-0.25, -0.2) is 0 Å². The summed E-state index contributed by atoms with van der Waals surface area (Å²) in [6.07, 6.45) is 8.50. The van der Waals surface area contributed by atoms with Crippen LogP contribution in [0.25, 0.3) is 0 Å². The Hall–Kier alpha value is -0.0400. The van der Waals surface area contributed by atoms with Crippen molar-refractivity contribution in [3.05, 3.63) is 0 Å². The molecular weight excluding hydrogens is 194 g/mol. The number of hydrogen-bond acceptors (Lipinski definition) is 1. The summed E-state index contributed by atoms with van der Waals surface area (Å²) in [6, 6.07) is 0.762. The summed E-state index contributed by atoms with van der Waals surface area (Å²) >= 11 is 0. The molecule has 1 rings (SSSR count). The van der Waals surface area contributed by atoms with E-state index < -0.39 is 0 Å². The highest BCUT2D eigenvalue weighted by Gasteiger charge is 2.28. The highest BCUT2D eigenvalue weighted by molar-refractivity contribution is 4.83. The van der Waals surface area contributed by atoms with Crippen LogP contribution < -0.4 is 5.32 Å². The second-order valence-corrected chi connectivity index (χ2v) is 5.91. The Labute approximate surface area is 102 Å². The molecule has 0 aromatic rings. The fourth-order valence-corrected chi connectivity index (χ4v) is 3.21. The van der Waals surface area contributed by atoms with Gasteiger partial charge in [-0.3, -0.25) is 0 Å². The van der Waals surface area contributed by atoms with Gasteiger partial charge >= 0.3 is 0 Å². The van der Waals surface area contributed by atoms with Gasteiger partial charge in [0.1, 0.15) is 0 Å². The maximum absolute atomic E-state index is 3.77. The number of hydrogen-bond donors (Lipinski definition) is 1. The van der Waals surface area contributed by atoms with Crippen LogP contribution >= 0.6 is 0 Å². The normalized spacial score (nSPS) is 28.3. The van der Waals surface area contributed by atoms with E-state index in [9.17, 15) is 0 Å². The van der Waals surface area contributed by atoms with Crippen LogP contribution in [0, 0.1) is 17.8 Å². The van der Waals surface area contributed by atoms with Gasteiger partial charge in [0.15, 0.2) is 0 Å². The minimum Gasteiger partial charge on any atom is -0.313 e. The first kappa shape index (κ1) is 14.0. The zero-order valence-electron chi connectivity index (χ0n) is 11.8. The SMILES string of the molecule is CCCNC(C(C)C)C1CCC(CC)CC1. The van der Waals surface area contributed by atoms with E-state index in [0.29, 0.717) is 0 Å². The van der Waals surface area contributed by atoms with Crippen molar-refractivity contribution in [1.82, 2.24) is 5.32 Å². The average molecular weight is 225 g/mol. The average Bonchev–Trinajstić information content (AvgIpc) is 2.30. The summed E-state index contributed by atoms with van der Waals surface area (Å²) in [5.74, 6) is 2.75. The first-order valence-electron chi connectivity index (χ1n) is 7.42. The van der Waals surface area contributed by atoms with Crippen molar-refractivity contribution >= 4 is 0 Å².